The summed E-state index contributed by atoms with van der Waals surface area (Å²) in [5, 5.41) is 0. The molecule has 0 amide bonds. The molecule has 0 saturated carbocycles. The molecule has 1 atom stereocenters. The minimum absolute atomic E-state index is 0.0991. The van der Waals surface area contributed by atoms with Gasteiger partial charge >= 0.3 is 5.97 Å². The van der Waals surface area contributed by atoms with E-state index in [0.717, 1.165) is 29.0 Å². The molecule has 126 valence electrons. The molecule has 0 fully saturated rings. The second-order valence-corrected chi connectivity index (χ2v) is 7.03. The van der Waals surface area contributed by atoms with E-state index in [1.807, 2.05) is 31.4 Å². The van der Waals surface area contributed by atoms with Gasteiger partial charge in [-0.25, -0.2) is 4.79 Å². The summed E-state index contributed by atoms with van der Waals surface area (Å²) >= 11 is 1.63. The van der Waals surface area contributed by atoms with Gasteiger partial charge in [-0.3, -0.25) is 4.79 Å². The van der Waals surface area contributed by atoms with Crippen LogP contribution in [0.3, 0.4) is 0 Å². The molecule has 5 heteroatoms. The summed E-state index contributed by atoms with van der Waals surface area (Å²) in [5.74, 6) is 0.645. The molecule has 3 rings (SSSR count). The Bertz CT molecular complexity index is 751. The van der Waals surface area contributed by atoms with Crippen molar-refractivity contribution in [3.8, 4) is 0 Å². The largest absolute Gasteiger partial charge is 0.460 e. The highest BCUT2D eigenvalue weighted by Gasteiger charge is 2.32. The first-order valence-electron chi connectivity index (χ1n) is 8.07. The lowest BCUT2D eigenvalue weighted by Crippen LogP contribution is -2.18. The fraction of sp³-hybridized carbons (Fsp3) is 0.368. The maximum atomic E-state index is 12.6. The summed E-state index contributed by atoms with van der Waals surface area (Å²) < 4.78 is 5.27. The lowest BCUT2D eigenvalue weighted by molar-refractivity contribution is 0.0523. The molecule has 1 aromatic heterocycles. The number of aromatic amines is 1. The van der Waals surface area contributed by atoms with Gasteiger partial charge in [0, 0.05) is 23.4 Å². The van der Waals surface area contributed by atoms with Crippen molar-refractivity contribution in [1.82, 2.24) is 4.98 Å². The Morgan fingerprint density at radius 3 is 2.75 bits per heavy atom. The molecular formula is C19H21NO3S. The zero-order valence-corrected chi connectivity index (χ0v) is 14.7. The number of H-pyrrole nitrogens is 1. The highest BCUT2D eigenvalue weighted by molar-refractivity contribution is 7.98. The molecule has 0 spiro atoms. The normalized spacial score (nSPS) is 16.8. The molecule has 4 nitrogen and oxygen atoms in total. The third-order valence-electron chi connectivity index (χ3n) is 4.48. The number of thioether (sulfide) groups is 1. The SMILES string of the molecule is CSCCOC(=O)c1[nH]c2c(c1C)C(=O)C[C@@H](c1ccccc1)C2. The first-order chi connectivity index (χ1) is 11.6. The second kappa shape index (κ2) is 7.26. The molecule has 0 aliphatic heterocycles. The van der Waals surface area contributed by atoms with Gasteiger partial charge in [0.25, 0.3) is 0 Å². The molecule has 24 heavy (non-hydrogen) atoms. The third-order valence-corrected chi connectivity index (χ3v) is 5.06. The van der Waals surface area contributed by atoms with Crippen LogP contribution in [-0.2, 0) is 11.2 Å². The number of carbonyl (C=O) groups is 2. The third kappa shape index (κ3) is 3.26. The van der Waals surface area contributed by atoms with Crippen LogP contribution in [0.4, 0.5) is 0 Å². The lowest BCUT2D eigenvalue weighted by atomic mass is 9.81. The van der Waals surface area contributed by atoms with Crippen LogP contribution in [0.15, 0.2) is 30.3 Å². The van der Waals surface area contributed by atoms with Gasteiger partial charge in [0.1, 0.15) is 12.3 Å². The topological polar surface area (TPSA) is 59.2 Å². The van der Waals surface area contributed by atoms with E-state index in [-0.39, 0.29) is 17.7 Å². The van der Waals surface area contributed by atoms with Crippen LogP contribution in [0.5, 0.6) is 0 Å². The molecule has 1 heterocycles. The Hall–Kier alpha value is -2.01. The summed E-state index contributed by atoms with van der Waals surface area (Å²) in [6, 6.07) is 10.1. The first-order valence-corrected chi connectivity index (χ1v) is 9.46. The Morgan fingerprint density at radius 2 is 2.04 bits per heavy atom. The molecule has 1 aromatic carbocycles. The number of nitrogens with one attached hydrogen (secondary N) is 1. The Morgan fingerprint density at radius 1 is 1.29 bits per heavy atom. The summed E-state index contributed by atoms with van der Waals surface area (Å²) in [6.45, 7) is 2.20. The fourth-order valence-electron chi connectivity index (χ4n) is 3.29. The minimum atomic E-state index is -0.375. The van der Waals surface area contributed by atoms with E-state index in [1.54, 1.807) is 11.8 Å². The van der Waals surface area contributed by atoms with E-state index in [0.29, 0.717) is 24.3 Å². The van der Waals surface area contributed by atoms with Gasteiger partial charge in [0.05, 0.1) is 0 Å². The zero-order valence-electron chi connectivity index (χ0n) is 13.9. The Labute approximate surface area is 146 Å². The van der Waals surface area contributed by atoms with Gasteiger partial charge in [0.2, 0.25) is 0 Å². The van der Waals surface area contributed by atoms with Crippen molar-refractivity contribution in [3.63, 3.8) is 0 Å². The molecule has 1 aliphatic carbocycles. The van der Waals surface area contributed by atoms with Gasteiger partial charge in [-0.15, -0.1) is 0 Å². The van der Waals surface area contributed by atoms with Crippen LogP contribution >= 0.6 is 11.8 Å². The van der Waals surface area contributed by atoms with Crippen molar-refractivity contribution in [2.75, 3.05) is 18.6 Å². The molecular weight excluding hydrogens is 322 g/mol. The average molecular weight is 343 g/mol. The summed E-state index contributed by atoms with van der Waals surface area (Å²) in [4.78, 5) is 28.0. The fourth-order valence-corrected chi connectivity index (χ4v) is 3.54. The highest BCUT2D eigenvalue weighted by Crippen LogP contribution is 2.35. The standard InChI is InChI=1S/C19H21NO3S/c1-12-17-15(20-18(12)19(22)23-8-9-24-2)10-14(11-16(17)21)13-6-4-3-5-7-13/h3-7,14,20H,8-11H2,1-2H3/t14-/m0/s1. The lowest BCUT2D eigenvalue weighted by Gasteiger charge is -2.22. The number of ether oxygens (including phenoxy) is 1. The van der Waals surface area contributed by atoms with E-state index in [9.17, 15) is 9.59 Å². The van der Waals surface area contributed by atoms with E-state index in [2.05, 4.69) is 17.1 Å². The number of benzene rings is 1. The van der Waals surface area contributed by atoms with E-state index in [1.165, 1.54) is 0 Å². The van der Waals surface area contributed by atoms with Gasteiger partial charge in [-0.05, 0) is 36.6 Å². The summed E-state index contributed by atoms with van der Waals surface area (Å²) in [5.41, 5.74) is 3.83. The van der Waals surface area contributed by atoms with Crippen molar-refractivity contribution in [2.45, 2.75) is 25.7 Å². The second-order valence-electron chi connectivity index (χ2n) is 6.05. The molecule has 1 aliphatic rings. The first kappa shape index (κ1) is 16.8. The van der Waals surface area contributed by atoms with E-state index in [4.69, 9.17) is 4.74 Å². The molecule has 2 aromatic rings. The molecule has 0 radical (unpaired) electrons. The van der Waals surface area contributed by atoms with Gasteiger partial charge in [0.15, 0.2) is 5.78 Å². The number of esters is 1. The predicted molar refractivity (Wildman–Crippen MR) is 96.0 cm³/mol. The monoisotopic (exact) mass is 343 g/mol. The number of fused-ring (bicyclic) bond motifs is 1. The highest BCUT2D eigenvalue weighted by atomic mass is 32.2. The molecule has 0 bridgehead atoms. The zero-order chi connectivity index (χ0) is 17.1. The summed E-state index contributed by atoms with van der Waals surface area (Å²) in [7, 11) is 0. The van der Waals surface area contributed by atoms with Crippen LogP contribution < -0.4 is 0 Å². The number of carbonyl (C=O) groups excluding carboxylic acids is 2. The van der Waals surface area contributed by atoms with E-state index < -0.39 is 0 Å². The van der Waals surface area contributed by atoms with Crippen LogP contribution in [0.25, 0.3) is 0 Å². The number of hydrogen-bond donors (Lipinski definition) is 1. The molecule has 1 N–H and O–H groups in total. The smallest absolute Gasteiger partial charge is 0.355 e. The van der Waals surface area contributed by atoms with Crippen molar-refractivity contribution in [2.24, 2.45) is 0 Å². The van der Waals surface area contributed by atoms with Crippen LogP contribution in [0, 0.1) is 6.92 Å². The van der Waals surface area contributed by atoms with Gasteiger partial charge in [-0.2, -0.15) is 11.8 Å². The number of rotatable bonds is 5. The van der Waals surface area contributed by atoms with Gasteiger partial charge in [-0.1, -0.05) is 30.3 Å². The Balaban J connectivity index is 1.84. The van der Waals surface area contributed by atoms with E-state index >= 15 is 0 Å². The van der Waals surface area contributed by atoms with Crippen molar-refractivity contribution in [1.29, 1.82) is 0 Å². The van der Waals surface area contributed by atoms with Crippen LogP contribution in [0.2, 0.25) is 0 Å². The quantitative estimate of drug-likeness (QED) is 0.663. The molecule has 0 saturated heterocycles. The number of ketones is 1. The average Bonchev–Trinajstić information content (AvgIpc) is 2.93. The van der Waals surface area contributed by atoms with Crippen LogP contribution in [-0.4, -0.2) is 35.4 Å². The van der Waals surface area contributed by atoms with Crippen molar-refractivity contribution >= 4 is 23.5 Å². The predicted octanol–water partition coefficient (Wildman–Crippen LogP) is 3.76. The van der Waals surface area contributed by atoms with Crippen molar-refractivity contribution < 1.29 is 14.3 Å². The van der Waals surface area contributed by atoms with Crippen LogP contribution in [0.1, 0.15) is 50.0 Å². The minimum Gasteiger partial charge on any atom is -0.460 e. The Kier molecular flexibility index (Phi) is 5.09. The maximum absolute atomic E-state index is 12.6. The number of aromatic nitrogens is 1. The maximum Gasteiger partial charge on any atom is 0.355 e. The number of Topliss-reactive ketones (excluding diaryl/α,β-unsaturated/α-hetero) is 1. The summed E-state index contributed by atoms with van der Waals surface area (Å²) in [6.07, 6.45) is 3.19. The van der Waals surface area contributed by atoms with Gasteiger partial charge < -0.3 is 9.72 Å². The van der Waals surface area contributed by atoms with Crippen molar-refractivity contribution in [3.05, 3.63) is 58.4 Å². The number of hydrogen-bond acceptors (Lipinski definition) is 4. The molecule has 0 unspecified atom stereocenters.